The number of carboxylic acid groups (broad SMARTS) is 1. The average Bonchev–Trinajstić information content (AvgIpc) is 2.93. The molecule has 0 bridgehead atoms. The van der Waals surface area contributed by atoms with E-state index in [1.54, 1.807) is 0 Å². The topological polar surface area (TPSA) is 102 Å². The Labute approximate surface area is 119 Å². The lowest BCUT2D eigenvalue weighted by atomic mass is 9.89. The van der Waals surface area contributed by atoms with Gasteiger partial charge < -0.3 is 14.6 Å². The highest BCUT2D eigenvalue weighted by molar-refractivity contribution is 5.92. The van der Waals surface area contributed by atoms with E-state index in [-0.39, 0.29) is 13.0 Å². The third-order valence-corrected chi connectivity index (χ3v) is 4.44. The molecule has 3 aliphatic rings. The molecule has 1 spiro atoms. The summed E-state index contributed by atoms with van der Waals surface area (Å²) in [6.45, 7) is 3.31. The predicted octanol–water partition coefficient (Wildman–Crippen LogP) is -0.384. The van der Waals surface area contributed by atoms with Gasteiger partial charge >= 0.3 is 17.9 Å². The van der Waals surface area contributed by atoms with E-state index < -0.39 is 53.6 Å². The van der Waals surface area contributed by atoms with Crippen molar-refractivity contribution in [3.8, 4) is 0 Å². The number of aliphatic carboxylic acids is 1. The first-order valence-corrected chi connectivity index (χ1v) is 6.56. The van der Waals surface area contributed by atoms with Gasteiger partial charge in [-0.25, -0.2) is 14.0 Å². The third kappa shape index (κ3) is 1.78. The quantitative estimate of drug-likeness (QED) is 0.538. The fraction of sp³-hybridized carbons (Fsp3) is 0.615. The van der Waals surface area contributed by atoms with Crippen LogP contribution in [0.5, 0.6) is 0 Å². The molecule has 1 heterocycles. The minimum atomic E-state index is -1.74. The van der Waals surface area contributed by atoms with Crippen LogP contribution in [0.2, 0.25) is 0 Å². The van der Waals surface area contributed by atoms with Crippen molar-refractivity contribution in [2.45, 2.75) is 24.4 Å². The number of hydrogen-bond donors (Lipinski definition) is 2. The molecule has 1 aliphatic heterocycles. The van der Waals surface area contributed by atoms with Crippen LogP contribution in [0.15, 0.2) is 12.7 Å². The SMILES string of the molecule is C=CCOC(=O)C1NC2(C(=O)O1)C(F)CC1C(C(=O)O)C12. The Hall–Kier alpha value is -1.96. The van der Waals surface area contributed by atoms with E-state index in [0.29, 0.717) is 0 Å². The molecule has 7 nitrogen and oxygen atoms in total. The Morgan fingerprint density at radius 3 is 2.95 bits per heavy atom. The van der Waals surface area contributed by atoms with Gasteiger partial charge in [-0.3, -0.25) is 10.1 Å². The lowest BCUT2D eigenvalue weighted by molar-refractivity contribution is -0.162. The molecule has 0 amide bonds. The molecule has 0 aromatic heterocycles. The van der Waals surface area contributed by atoms with Gasteiger partial charge in [-0.2, -0.15) is 0 Å². The van der Waals surface area contributed by atoms with Crippen molar-refractivity contribution in [3.63, 3.8) is 0 Å². The van der Waals surface area contributed by atoms with Crippen LogP contribution in [-0.2, 0) is 23.9 Å². The molecule has 8 heteroatoms. The summed E-state index contributed by atoms with van der Waals surface area (Å²) < 4.78 is 23.8. The number of nitrogens with one attached hydrogen (secondary N) is 1. The van der Waals surface area contributed by atoms with E-state index in [9.17, 15) is 18.8 Å². The Bertz CT molecular complexity index is 537. The fourth-order valence-electron chi connectivity index (χ4n) is 3.54. The van der Waals surface area contributed by atoms with Gasteiger partial charge in [0, 0.05) is 5.92 Å². The van der Waals surface area contributed by atoms with Crippen LogP contribution >= 0.6 is 0 Å². The van der Waals surface area contributed by atoms with Crippen LogP contribution in [-0.4, -0.2) is 47.6 Å². The molecule has 2 aliphatic carbocycles. The number of alkyl halides is 1. The second-order valence-electron chi connectivity index (χ2n) is 5.47. The lowest BCUT2D eigenvalue weighted by Crippen LogP contribution is -2.56. The first-order valence-electron chi connectivity index (χ1n) is 6.56. The third-order valence-electron chi connectivity index (χ3n) is 4.44. The molecule has 0 aromatic carbocycles. The van der Waals surface area contributed by atoms with Gasteiger partial charge in [0.25, 0.3) is 6.23 Å². The van der Waals surface area contributed by atoms with E-state index in [1.807, 2.05) is 0 Å². The van der Waals surface area contributed by atoms with Gasteiger partial charge in [-0.1, -0.05) is 12.7 Å². The van der Waals surface area contributed by atoms with Crippen molar-refractivity contribution >= 4 is 17.9 Å². The molecule has 0 aromatic rings. The first kappa shape index (κ1) is 14.0. The zero-order chi connectivity index (χ0) is 15.4. The molecular weight excluding hydrogens is 285 g/mol. The maximum absolute atomic E-state index is 14.2. The van der Waals surface area contributed by atoms with Crippen LogP contribution in [0.4, 0.5) is 4.39 Å². The van der Waals surface area contributed by atoms with Gasteiger partial charge in [-0.05, 0) is 12.3 Å². The van der Waals surface area contributed by atoms with Crippen molar-refractivity contribution in [3.05, 3.63) is 12.7 Å². The Morgan fingerprint density at radius 1 is 1.62 bits per heavy atom. The molecule has 2 saturated carbocycles. The average molecular weight is 299 g/mol. The zero-order valence-electron chi connectivity index (χ0n) is 11.0. The number of carbonyl (C=O) groups excluding carboxylic acids is 2. The number of carboxylic acids is 1. The van der Waals surface area contributed by atoms with Crippen molar-refractivity contribution in [1.29, 1.82) is 0 Å². The molecule has 6 unspecified atom stereocenters. The zero-order valence-corrected chi connectivity index (χ0v) is 11.0. The predicted molar refractivity (Wildman–Crippen MR) is 64.5 cm³/mol. The standard InChI is InChI=1S/C13H14FNO6/c1-2-3-20-11(18)9-15-13(12(19)21-9)6(14)4-5-7(8(5)13)10(16)17/h2,5-9,15H,1,3-4H2,(H,16,17). The Kier molecular flexibility index (Phi) is 3.01. The van der Waals surface area contributed by atoms with Crippen molar-refractivity contribution in [2.75, 3.05) is 6.61 Å². The minimum absolute atomic E-state index is 0.0296. The summed E-state index contributed by atoms with van der Waals surface area (Å²) in [5.74, 6) is -4.71. The maximum Gasteiger partial charge on any atom is 0.363 e. The second kappa shape index (κ2) is 4.52. The fourth-order valence-corrected chi connectivity index (χ4v) is 3.54. The van der Waals surface area contributed by atoms with E-state index >= 15 is 0 Å². The number of rotatable bonds is 4. The number of carbonyl (C=O) groups is 3. The number of fused-ring (bicyclic) bond motifs is 2. The molecule has 3 rings (SSSR count). The molecule has 3 fully saturated rings. The lowest BCUT2D eigenvalue weighted by Gasteiger charge is -2.25. The number of halogens is 1. The first-order chi connectivity index (χ1) is 9.93. The van der Waals surface area contributed by atoms with Crippen LogP contribution in [0, 0.1) is 17.8 Å². The van der Waals surface area contributed by atoms with E-state index in [2.05, 4.69) is 11.9 Å². The van der Waals surface area contributed by atoms with Crippen LogP contribution in [0.3, 0.4) is 0 Å². The molecule has 1 saturated heterocycles. The van der Waals surface area contributed by atoms with Crippen LogP contribution in [0.25, 0.3) is 0 Å². The molecule has 2 N–H and O–H groups in total. The normalized spacial score (nSPS) is 43.3. The maximum atomic E-state index is 14.2. The highest BCUT2D eigenvalue weighted by atomic mass is 19.1. The Balaban J connectivity index is 1.79. The number of ether oxygens (including phenoxy) is 2. The van der Waals surface area contributed by atoms with Crippen LogP contribution in [0.1, 0.15) is 6.42 Å². The molecule has 114 valence electrons. The van der Waals surface area contributed by atoms with Crippen molar-refractivity contribution < 1.29 is 33.4 Å². The summed E-state index contributed by atoms with van der Waals surface area (Å²) in [5, 5.41) is 11.6. The summed E-state index contributed by atoms with van der Waals surface area (Å²) in [4.78, 5) is 34.8. The molecule has 6 atom stereocenters. The minimum Gasteiger partial charge on any atom is -0.481 e. The second-order valence-corrected chi connectivity index (χ2v) is 5.47. The summed E-state index contributed by atoms with van der Waals surface area (Å²) >= 11 is 0. The highest BCUT2D eigenvalue weighted by Crippen LogP contribution is 2.64. The van der Waals surface area contributed by atoms with E-state index in [0.717, 1.165) is 0 Å². The summed E-state index contributed by atoms with van der Waals surface area (Å²) in [5.41, 5.74) is -1.74. The number of cyclic esters (lactones) is 1. The van der Waals surface area contributed by atoms with Gasteiger partial charge in [0.1, 0.15) is 12.8 Å². The summed E-state index contributed by atoms with van der Waals surface area (Å²) in [6, 6.07) is 0. The van der Waals surface area contributed by atoms with Gasteiger partial charge in [0.15, 0.2) is 5.54 Å². The van der Waals surface area contributed by atoms with Gasteiger partial charge in [0.2, 0.25) is 0 Å². The summed E-state index contributed by atoms with van der Waals surface area (Å²) in [7, 11) is 0. The van der Waals surface area contributed by atoms with Gasteiger partial charge in [-0.15, -0.1) is 0 Å². The Morgan fingerprint density at radius 2 is 2.33 bits per heavy atom. The summed E-state index contributed by atoms with van der Waals surface area (Å²) in [6.07, 6.45) is -1.68. The van der Waals surface area contributed by atoms with Crippen LogP contribution < -0.4 is 5.32 Å². The van der Waals surface area contributed by atoms with Crippen molar-refractivity contribution in [1.82, 2.24) is 5.32 Å². The number of esters is 2. The van der Waals surface area contributed by atoms with E-state index in [1.165, 1.54) is 6.08 Å². The molecule has 21 heavy (non-hydrogen) atoms. The largest absolute Gasteiger partial charge is 0.481 e. The molecule has 0 radical (unpaired) electrons. The van der Waals surface area contributed by atoms with E-state index in [4.69, 9.17) is 14.6 Å². The smallest absolute Gasteiger partial charge is 0.363 e. The van der Waals surface area contributed by atoms with Crippen molar-refractivity contribution in [2.24, 2.45) is 17.8 Å². The highest BCUT2D eigenvalue weighted by Gasteiger charge is 2.78. The molecular formula is C13H14FNO6. The van der Waals surface area contributed by atoms with Gasteiger partial charge in [0.05, 0.1) is 5.92 Å². The monoisotopic (exact) mass is 299 g/mol. The number of hydrogen-bond acceptors (Lipinski definition) is 6.